The molecule has 6 heteroatoms. The summed E-state index contributed by atoms with van der Waals surface area (Å²) in [6.07, 6.45) is 0. The van der Waals surface area contributed by atoms with Gasteiger partial charge >= 0.3 is 0 Å². The van der Waals surface area contributed by atoms with Gasteiger partial charge in [0.05, 0.1) is 7.11 Å². The average Bonchev–Trinajstić information content (AvgIpc) is 2.84. The Labute approximate surface area is 115 Å². The molecule has 96 valence electrons. The van der Waals surface area contributed by atoms with Crippen molar-refractivity contribution < 1.29 is 4.74 Å². The van der Waals surface area contributed by atoms with Crippen molar-refractivity contribution in [3.63, 3.8) is 0 Å². The fourth-order valence-corrected chi connectivity index (χ4v) is 3.18. The predicted octanol–water partition coefficient (Wildman–Crippen LogP) is 3.27. The van der Waals surface area contributed by atoms with Crippen molar-refractivity contribution in [2.45, 2.75) is 17.6 Å². The first-order valence-corrected chi connectivity index (χ1v) is 7.42. The Morgan fingerprint density at radius 3 is 3.00 bits per heavy atom. The molecular formula is C12H15N3OS2. The minimum atomic E-state index is 0.791. The molecule has 0 unspecified atom stereocenters. The predicted molar refractivity (Wildman–Crippen MR) is 76.6 cm³/mol. The molecule has 4 nitrogen and oxygen atoms in total. The highest BCUT2D eigenvalue weighted by Gasteiger charge is 2.09. The Kier molecular flexibility index (Phi) is 4.83. The van der Waals surface area contributed by atoms with Crippen molar-refractivity contribution in [2.24, 2.45) is 0 Å². The van der Waals surface area contributed by atoms with Crippen LogP contribution in [-0.2, 0) is 5.75 Å². The molecule has 1 N–H and O–H groups in total. The number of ether oxygens (including phenoxy) is 1. The second-order valence-corrected chi connectivity index (χ2v) is 5.29. The van der Waals surface area contributed by atoms with Crippen LogP contribution < -0.4 is 10.1 Å². The van der Waals surface area contributed by atoms with E-state index in [1.165, 1.54) is 11.5 Å². The molecule has 2 aromatic rings. The molecule has 1 aromatic heterocycles. The second-order valence-electron chi connectivity index (χ2n) is 3.52. The molecule has 1 heterocycles. The number of thioether (sulfide) groups is 1. The zero-order chi connectivity index (χ0) is 12.8. The summed E-state index contributed by atoms with van der Waals surface area (Å²) in [5, 5.41) is 8.48. The lowest BCUT2D eigenvalue weighted by Crippen LogP contribution is -1.97. The third-order valence-corrected chi connectivity index (χ3v) is 4.12. The molecule has 0 amide bonds. The summed E-state index contributed by atoms with van der Waals surface area (Å²) in [7, 11) is 1.69. The number of hydrogen-bond acceptors (Lipinski definition) is 6. The molecule has 0 aliphatic rings. The average molecular weight is 281 g/mol. The van der Waals surface area contributed by atoms with Gasteiger partial charge in [0.15, 0.2) is 0 Å². The number of benzene rings is 1. The summed E-state index contributed by atoms with van der Waals surface area (Å²) in [5.41, 5.74) is 0.998. The minimum absolute atomic E-state index is 0.791. The molecule has 0 fully saturated rings. The maximum absolute atomic E-state index is 5.32. The van der Waals surface area contributed by atoms with Crippen LogP contribution in [0.5, 0.6) is 5.75 Å². The van der Waals surface area contributed by atoms with Gasteiger partial charge < -0.3 is 10.1 Å². The number of nitrogens with zero attached hydrogens (tertiary/aromatic N) is 2. The molecule has 0 saturated heterocycles. The summed E-state index contributed by atoms with van der Waals surface area (Å²) in [4.78, 5) is 1.12. The molecule has 0 aliphatic heterocycles. The zero-order valence-electron chi connectivity index (χ0n) is 10.3. The maximum Gasteiger partial charge on any atom is 0.134 e. The Morgan fingerprint density at radius 2 is 2.22 bits per heavy atom. The van der Waals surface area contributed by atoms with E-state index in [9.17, 15) is 0 Å². The SMILES string of the molecule is CCNc1snnc1CSc1ccccc1OC. The van der Waals surface area contributed by atoms with Crippen molar-refractivity contribution >= 4 is 28.3 Å². The third kappa shape index (κ3) is 3.14. The van der Waals surface area contributed by atoms with Gasteiger partial charge in [0.2, 0.25) is 0 Å². The van der Waals surface area contributed by atoms with Crippen molar-refractivity contribution in [1.82, 2.24) is 9.59 Å². The van der Waals surface area contributed by atoms with E-state index in [0.717, 1.165) is 33.6 Å². The first-order valence-electron chi connectivity index (χ1n) is 5.66. The number of rotatable bonds is 6. The summed E-state index contributed by atoms with van der Waals surface area (Å²) in [6, 6.07) is 8.00. The first-order chi connectivity index (χ1) is 8.85. The standard InChI is InChI=1S/C12H15N3OS2/c1-3-13-12-9(14-15-18-12)8-17-11-7-5-4-6-10(11)16-2/h4-7,13H,3,8H2,1-2H3. The normalized spacial score (nSPS) is 10.3. The van der Waals surface area contributed by atoms with E-state index in [-0.39, 0.29) is 0 Å². The lowest BCUT2D eigenvalue weighted by molar-refractivity contribution is 0.405. The Hall–Kier alpha value is -1.27. The lowest BCUT2D eigenvalue weighted by atomic mass is 10.3. The van der Waals surface area contributed by atoms with Crippen molar-refractivity contribution in [3.05, 3.63) is 30.0 Å². The first kappa shape index (κ1) is 13.2. The topological polar surface area (TPSA) is 47.0 Å². The monoisotopic (exact) mass is 281 g/mol. The van der Waals surface area contributed by atoms with E-state index in [1.807, 2.05) is 18.2 Å². The van der Waals surface area contributed by atoms with Gasteiger partial charge in [-0.1, -0.05) is 16.6 Å². The highest BCUT2D eigenvalue weighted by Crippen LogP contribution is 2.32. The number of hydrogen-bond donors (Lipinski definition) is 1. The van der Waals surface area contributed by atoms with Crippen LogP contribution >= 0.6 is 23.3 Å². The number of nitrogens with one attached hydrogen (secondary N) is 1. The maximum atomic E-state index is 5.32. The Balaban J connectivity index is 2.04. The van der Waals surface area contributed by atoms with Gasteiger partial charge in [-0.05, 0) is 19.1 Å². The van der Waals surface area contributed by atoms with Gasteiger partial charge in [-0.25, -0.2) is 0 Å². The van der Waals surface area contributed by atoms with E-state index < -0.39 is 0 Å². The number of methoxy groups -OCH3 is 1. The van der Waals surface area contributed by atoms with Crippen LogP contribution in [0.25, 0.3) is 0 Å². The molecular weight excluding hydrogens is 266 g/mol. The van der Waals surface area contributed by atoms with Crippen LogP contribution in [-0.4, -0.2) is 23.2 Å². The number of aromatic nitrogens is 2. The molecule has 0 spiro atoms. The summed E-state index contributed by atoms with van der Waals surface area (Å²) >= 11 is 3.11. The minimum Gasteiger partial charge on any atom is -0.496 e. The molecule has 0 bridgehead atoms. The Bertz CT molecular complexity index is 502. The van der Waals surface area contributed by atoms with Crippen LogP contribution in [0.1, 0.15) is 12.6 Å². The van der Waals surface area contributed by atoms with Gasteiger partial charge in [0.25, 0.3) is 0 Å². The Morgan fingerprint density at radius 1 is 1.39 bits per heavy atom. The fourth-order valence-electron chi connectivity index (χ4n) is 1.48. The van der Waals surface area contributed by atoms with Crippen LogP contribution in [0.15, 0.2) is 29.2 Å². The van der Waals surface area contributed by atoms with Crippen LogP contribution in [0.4, 0.5) is 5.00 Å². The molecule has 1 aromatic carbocycles. The zero-order valence-corrected chi connectivity index (χ0v) is 12.0. The molecule has 0 saturated carbocycles. The van der Waals surface area contributed by atoms with Gasteiger partial charge in [0.1, 0.15) is 16.4 Å². The summed E-state index contributed by atoms with van der Waals surface area (Å²) in [6.45, 7) is 2.95. The van der Waals surface area contributed by atoms with Crippen molar-refractivity contribution in [1.29, 1.82) is 0 Å². The number of anilines is 1. The van der Waals surface area contributed by atoms with E-state index in [1.54, 1.807) is 18.9 Å². The molecule has 0 aliphatic carbocycles. The lowest BCUT2D eigenvalue weighted by Gasteiger charge is -2.07. The van der Waals surface area contributed by atoms with E-state index in [2.05, 4.69) is 27.9 Å². The third-order valence-electron chi connectivity index (χ3n) is 2.33. The van der Waals surface area contributed by atoms with Gasteiger partial charge in [0, 0.05) is 28.7 Å². The fraction of sp³-hybridized carbons (Fsp3) is 0.333. The summed E-state index contributed by atoms with van der Waals surface area (Å²) < 4.78 is 9.30. The quantitative estimate of drug-likeness (QED) is 0.823. The van der Waals surface area contributed by atoms with Gasteiger partial charge in [-0.3, -0.25) is 0 Å². The van der Waals surface area contributed by atoms with Crippen molar-refractivity contribution in [3.8, 4) is 5.75 Å². The molecule has 2 rings (SSSR count). The van der Waals surface area contributed by atoms with Crippen LogP contribution in [0.2, 0.25) is 0 Å². The summed E-state index contributed by atoms with van der Waals surface area (Å²) in [5.74, 6) is 1.69. The van der Waals surface area contributed by atoms with Gasteiger partial charge in [-0.2, -0.15) is 0 Å². The molecule has 0 atom stereocenters. The molecule has 18 heavy (non-hydrogen) atoms. The van der Waals surface area contributed by atoms with Crippen LogP contribution in [0.3, 0.4) is 0 Å². The highest BCUT2D eigenvalue weighted by atomic mass is 32.2. The second kappa shape index (κ2) is 6.61. The molecule has 0 radical (unpaired) electrons. The van der Waals surface area contributed by atoms with E-state index in [4.69, 9.17) is 4.74 Å². The largest absolute Gasteiger partial charge is 0.496 e. The van der Waals surface area contributed by atoms with Crippen molar-refractivity contribution in [2.75, 3.05) is 19.0 Å². The smallest absolute Gasteiger partial charge is 0.134 e. The van der Waals surface area contributed by atoms with Gasteiger partial charge in [-0.15, -0.1) is 16.9 Å². The number of para-hydroxylation sites is 1. The van der Waals surface area contributed by atoms with E-state index >= 15 is 0 Å². The highest BCUT2D eigenvalue weighted by molar-refractivity contribution is 7.98. The van der Waals surface area contributed by atoms with E-state index in [0.29, 0.717) is 0 Å². The van der Waals surface area contributed by atoms with Crippen LogP contribution in [0, 0.1) is 0 Å².